The molecule has 2 N–H and O–H groups in total. The molecule has 276 valence electrons. The molecular formula is C41H44Cl2N6O4. The van der Waals surface area contributed by atoms with Gasteiger partial charge in [-0.3, -0.25) is 14.3 Å². The van der Waals surface area contributed by atoms with Gasteiger partial charge >= 0.3 is 0 Å². The van der Waals surface area contributed by atoms with Gasteiger partial charge in [0, 0.05) is 59.3 Å². The number of rotatable bonds is 9. The van der Waals surface area contributed by atoms with Gasteiger partial charge in [0.25, 0.3) is 11.8 Å². The van der Waals surface area contributed by atoms with Crippen molar-refractivity contribution >= 4 is 62.5 Å². The van der Waals surface area contributed by atoms with E-state index in [-0.39, 0.29) is 11.9 Å². The van der Waals surface area contributed by atoms with E-state index in [0.717, 1.165) is 66.3 Å². The summed E-state index contributed by atoms with van der Waals surface area (Å²) in [5, 5.41) is 7.76. The summed E-state index contributed by atoms with van der Waals surface area (Å²) < 4.78 is 17.8. The summed E-state index contributed by atoms with van der Waals surface area (Å²) in [6.07, 6.45) is 1.24. The third kappa shape index (κ3) is 5.65. The van der Waals surface area contributed by atoms with E-state index in [4.69, 9.17) is 43.5 Å². The molecule has 0 radical (unpaired) electrons. The number of ether oxygens (including phenoxy) is 2. The number of aromatic nitrogens is 4. The fourth-order valence-electron chi connectivity index (χ4n) is 8.42. The fraction of sp³-hybridized carbons (Fsp3) is 0.341. The van der Waals surface area contributed by atoms with Crippen LogP contribution >= 0.6 is 23.2 Å². The first-order chi connectivity index (χ1) is 25.2. The summed E-state index contributed by atoms with van der Waals surface area (Å²) in [4.78, 5) is 29.7. The average Bonchev–Trinajstić information content (AvgIpc) is 3.68. The number of carbonyl (C=O) groups is 2. The number of nitrogens with two attached hydrogens (primary N) is 1. The molecule has 0 saturated carbocycles. The number of hydrogen-bond acceptors (Lipinski definition) is 5. The van der Waals surface area contributed by atoms with Crippen LogP contribution in [0.15, 0.2) is 36.4 Å². The molecule has 6 aromatic rings. The molecule has 3 aromatic heterocycles. The van der Waals surface area contributed by atoms with Gasteiger partial charge in [0.15, 0.2) is 0 Å². The first kappa shape index (κ1) is 36.4. The lowest BCUT2D eigenvalue weighted by Gasteiger charge is -2.35. The molecular weight excluding hydrogens is 711 g/mol. The van der Waals surface area contributed by atoms with Gasteiger partial charge in [0.2, 0.25) is 0 Å². The van der Waals surface area contributed by atoms with Crippen molar-refractivity contribution < 1.29 is 19.1 Å². The summed E-state index contributed by atoms with van der Waals surface area (Å²) >= 11 is 13.5. The van der Waals surface area contributed by atoms with Crippen molar-refractivity contribution in [3.05, 3.63) is 91.5 Å². The van der Waals surface area contributed by atoms with E-state index in [9.17, 15) is 4.79 Å². The second-order valence-corrected chi connectivity index (χ2v) is 15.0. The Morgan fingerprint density at radius 3 is 2.32 bits per heavy atom. The lowest BCUT2D eigenvalue weighted by molar-refractivity contribution is 0.0956. The van der Waals surface area contributed by atoms with E-state index in [1.807, 2.05) is 87.6 Å². The summed E-state index contributed by atoms with van der Waals surface area (Å²) in [6.45, 7) is 12.8. The molecule has 12 heteroatoms. The summed E-state index contributed by atoms with van der Waals surface area (Å²) in [7, 11) is 5.32. The molecule has 0 bridgehead atoms. The van der Waals surface area contributed by atoms with Crippen molar-refractivity contribution in [1.82, 2.24) is 18.9 Å². The number of fused-ring (bicyclic) bond motifs is 4. The fourth-order valence-corrected chi connectivity index (χ4v) is 8.78. The minimum atomic E-state index is -0.550. The molecule has 0 unspecified atom stereocenters. The second kappa shape index (κ2) is 13.5. The van der Waals surface area contributed by atoms with Crippen LogP contribution in [0.4, 0.5) is 5.69 Å². The Hall–Kier alpha value is -4.93. The zero-order valence-electron chi connectivity index (χ0n) is 31.6. The molecule has 4 heterocycles. The van der Waals surface area contributed by atoms with Gasteiger partial charge in [0.05, 0.1) is 41.2 Å². The SMILES string of the molecule is COc1ccc(N2C[C@@H](C)n3c(c(CCCOc4cc(C)c(Cl)c(C)c4)c4ccc(Cl)c(-c5c(C)nn(C)c5C)c43)C2=O)c2c1c(C)c(C(N)=O)n2C. The molecule has 1 aliphatic heterocycles. The van der Waals surface area contributed by atoms with E-state index in [0.29, 0.717) is 64.9 Å². The van der Waals surface area contributed by atoms with Gasteiger partial charge in [-0.2, -0.15) is 5.10 Å². The second-order valence-electron chi connectivity index (χ2n) is 14.2. The highest BCUT2D eigenvalue weighted by molar-refractivity contribution is 6.35. The monoisotopic (exact) mass is 754 g/mol. The van der Waals surface area contributed by atoms with Crippen LogP contribution in [-0.4, -0.2) is 51.0 Å². The van der Waals surface area contributed by atoms with Crippen molar-refractivity contribution in [3.63, 3.8) is 0 Å². The number of amides is 2. The zero-order valence-corrected chi connectivity index (χ0v) is 33.1. The van der Waals surface area contributed by atoms with E-state index in [1.165, 1.54) is 0 Å². The maximum atomic E-state index is 15.2. The number of primary amides is 1. The number of methoxy groups -OCH3 is 1. The van der Waals surface area contributed by atoms with Gasteiger partial charge in [-0.25, -0.2) is 0 Å². The maximum Gasteiger partial charge on any atom is 0.275 e. The van der Waals surface area contributed by atoms with E-state index >= 15 is 4.79 Å². The maximum absolute atomic E-state index is 15.2. The number of carbonyl (C=O) groups excluding carboxylic acids is 2. The molecule has 0 spiro atoms. The van der Waals surface area contributed by atoms with Crippen LogP contribution in [0.1, 0.15) is 74.0 Å². The highest BCUT2D eigenvalue weighted by Crippen LogP contribution is 2.46. The van der Waals surface area contributed by atoms with Crippen molar-refractivity contribution in [3.8, 4) is 22.6 Å². The molecule has 53 heavy (non-hydrogen) atoms. The Morgan fingerprint density at radius 2 is 1.70 bits per heavy atom. The smallest absolute Gasteiger partial charge is 0.275 e. The molecule has 1 atom stereocenters. The average molecular weight is 756 g/mol. The van der Waals surface area contributed by atoms with Crippen LogP contribution in [0, 0.1) is 34.6 Å². The van der Waals surface area contributed by atoms with Crippen LogP contribution in [0.2, 0.25) is 10.0 Å². The Labute approximate surface area is 319 Å². The standard InChI is InChI=1S/C41H44Cl2N6O4/c1-20-17-26(18-21(2)35(20)43)53-16-10-11-27-28-12-13-29(42)34(33-24(5)45-47(8)25(33)6)37(28)49-22(3)19-48(41(51)38(27)49)30-14-15-31(52-9)32-23(4)36(40(44)50)46(7)39(30)32/h12-15,17-18,22H,10-11,16,19H2,1-9H3,(H2,44,50)/t22-/m1/s1. The van der Waals surface area contributed by atoms with Crippen LogP contribution in [0.3, 0.4) is 0 Å². The van der Waals surface area contributed by atoms with Gasteiger partial charge in [-0.1, -0.05) is 29.3 Å². The number of nitrogens with zero attached hydrogens (tertiary/aromatic N) is 5. The Balaban J connectivity index is 1.41. The zero-order chi connectivity index (χ0) is 38.2. The molecule has 0 saturated heterocycles. The first-order valence-corrected chi connectivity index (χ1v) is 18.5. The number of hydrogen-bond donors (Lipinski definition) is 1. The van der Waals surface area contributed by atoms with E-state index < -0.39 is 5.91 Å². The van der Waals surface area contributed by atoms with Crippen LogP contribution in [0.25, 0.3) is 32.9 Å². The van der Waals surface area contributed by atoms with Crippen molar-refractivity contribution in [2.75, 3.05) is 25.2 Å². The number of benzene rings is 3. The van der Waals surface area contributed by atoms with E-state index in [1.54, 1.807) is 18.7 Å². The van der Waals surface area contributed by atoms with Gasteiger partial charge in [0.1, 0.15) is 22.9 Å². The van der Waals surface area contributed by atoms with E-state index in [2.05, 4.69) is 11.5 Å². The third-order valence-corrected chi connectivity index (χ3v) is 11.7. The Bertz CT molecular complexity index is 2480. The topological polar surface area (TPSA) is 110 Å². The number of aryl methyl sites for hydroxylation is 7. The van der Waals surface area contributed by atoms with Crippen molar-refractivity contribution in [1.29, 1.82) is 0 Å². The van der Waals surface area contributed by atoms with Crippen LogP contribution in [0.5, 0.6) is 11.5 Å². The lowest BCUT2D eigenvalue weighted by atomic mass is 9.98. The number of anilines is 1. The first-order valence-electron chi connectivity index (χ1n) is 17.7. The Kier molecular flexibility index (Phi) is 9.27. The van der Waals surface area contributed by atoms with Gasteiger partial charge in [-0.05, 0) is 107 Å². The highest BCUT2D eigenvalue weighted by atomic mass is 35.5. The molecule has 0 aliphatic carbocycles. The third-order valence-electron chi connectivity index (χ3n) is 10.8. The minimum absolute atomic E-state index is 0.146. The largest absolute Gasteiger partial charge is 0.496 e. The van der Waals surface area contributed by atoms with Crippen molar-refractivity contribution in [2.24, 2.45) is 19.8 Å². The predicted octanol–water partition coefficient (Wildman–Crippen LogP) is 8.72. The number of halogens is 2. The highest BCUT2D eigenvalue weighted by Gasteiger charge is 2.38. The lowest BCUT2D eigenvalue weighted by Crippen LogP contribution is -2.43. The van der Waals surface area contributed by atoms with Gasteiger partial charge in [-0.15, -0.1) is 0 Å². The van der Waals surface area contributed by atoms with Crippen LogP contribution in [-0.2, 0) is 20.5 Å². The van der Waals surface area contributed by atoms with Gasteiger partial charge < -0.3 is 29.2 Å². The summed E-state index contributed by atoms with van der Waals surface area (Å²) in [5.74, 6) is 0.667. The molecule has 0 fully saturated rings. The minimum Gasteiger partial charge on any atom is -0.496 e. The van der Waals surface area contributed by atoms with Crippen LogP contribution < -0.4 is 20.1 Å². The summed E-state index contributed by atoms with van der Waals surface area (Å²) in [6, 6.07) is 11.4. The Morgan fingerprint density at radius 1 is 1.00 bits per heavy atom. The molecule has 1 aliphatic rings. The molecule has 7 rings (SSSR count). The predicted molar refractivity (Wildman–Crippen MR) is 212 cm³/mol. The summed E-state index contributed by atoms with van der Waals surface area (Å²) in [5.41, 5.74) is 16.4. The normalized spacial score (nSPS) is 14.4. The quantitative estimate of drug-likeness (QED) is 0.149. The molecule has 3 aromatic carbocycles. The van der Waals surface area contributed by atoms with Crippen molar-refractivity contribution in [2.45, 2.75) is 60.4 Å². The molecule has 2 amide bonds. The molecule has 10 nitrogen and oxygen atoms in total.